The highest BCUT2D eigenvalue weighted by Gasteiger charge is 2.23. The number of rotatable bonds is 5. The van der Waals surface area contributed by atoms with Gasteiger partial charge in [-0.2, -0.15) is 0 Å². The average molecular weight is 657 g/mol. The zero-order valence-corrected chi connectivity index (χ0v) is 28.2. The number of pyridine rings is 2. The Morgan fingerprint density at radius 1 is 0.490 bits per heavy atom. The van der Waals surface area contributed by atoms with Crippen LogP contribution in [0, 0.1) is 13.8 Å². The third-order valence-corrected chi connectivity index (χ3v) is 10.1. The molecule has 242 valence electrons. The van der Waals surface area contributed by atoms with E-state index < -0.39 is 0 Å². The monoisotopic (exact) mass is 656 g/mol. The van der Waals surface area contributed by atoms with Crippen LogP contribution in [0.25, 0.3) is 77.5 Å². The highest BCUT2D eigenvalue weighted by molar-refractivity contribution is 6.14. The van der Waals surface area contributed by atoms with Gasteiger partial charge in [0.25, 0.3) is 0 Å². The molecule has 4 aromatic heterocycles. The lowest BCUT2D eigenvalue weighted by atomic mass is 9.98. The van der Waals surface area contributed by atoms with Crippen molar-refractivity contribution in [2.24, 2.45) is 0 Å². The van der Waals surface area contributed by atoms with Gasteiger partial charge in [-0.1, -0.05) is 91.0 Å². The van der Waals surface area contributed by atoms with Crippen LogP contribution >= 0.6 is 0 Å². The van der Waals surface area contributed by atoms with Gasteiger partial charge in [0.1, 0.15) is 22.8 Å². The number of imidazole rings is 1. The Hall–Kier alpha value is -6.72. The molecule has 0 aliphatic heterocycles. The first kappa shape index (κ1) is 29.2. The summed E-state index contributed by atoms with van der Waals surface area (Å²) in [6.07, 6.45) is 1.85. The summed E-state index contributed by atoms with van der Waals surface area (Å²) in [6.45, 7) is 4.34. The third-order valence-electron chi connectivity index (χ3n) is 10.1. The van der Waals surface area contributed by atoms with Gasteiger partial charge >= 0.3 is 0 Å². The van der Waals surface area contributed by atoms with Crippen molar-refractivity contribution in [1.29, 1.82) is 0 Å². The number of nitrogens with zero attached hydrogens (tertiary/aromatic N) is 4. The molecule has 0 saturated carbocycles. The largest absolute Gasteiger partial charge is 0.457 e. The molecular weight excluding hydrogens is 625 g/mol. The third kappa shape index (κ3) is 4.55. The Morgan fingerprint density at radius 3 is 1.96 bits per heavy atom. The predicted molar refractivity (Wildman–Crippen MR) is 209 cm³/mol. The van der Waals surface area contributed by atoms with Crippen LogP contribution in [0.15, 0.2) is 158 Å². The predicted octanol–water partition coefficient (Wildman–Crippen LogP) is 11.9. The minimum atomic E-state index is 0.745. The van der Waals surface area contributed by atoms with Crippen molar-refractivity contribution in [3.63, 3.8) is 0 Å². The number of aryl methyl sites for hydroxylation is 2. The molecule has 0 radical (unpaired) electrons. The fourth-order valence-corrected chi connectivity index (χ4v) is 7.73. The van der Waals surface area contributed by atoms with Crippen LogP contribution < -0.4 is 4.74 Å². The molecule has 5 heteroatoms. The van der Waals surface area contributed by atoms with Crippen LogP contribution in [0.4, 0.5) is 0 Å². The molecule has 0 amide bonds. The van der Waals surface area contributed by atoms with Crippen molar-refractivity contribution in [3.05, 3.63) is 169 Å². The molecule has 6 aromatic carbocycles. The highest BCUT2D eigenvalue weighted by atomic mass is 16.5. The van der Waals surface area contributed by atoms with Crippen LogP contribution in [-0.2, 0) is 0 Å². The fraction of sp³-hybridized carbons (Fsp3) is 0.0435. The molecule has 10 rings (SSSR count). The molecule has 0 N–H and O–H groups in total. The average Bonchev–Trinajstić information content (AvgIpc) is 3.73. The maximum Gasteiger partial charge on any atom is 0.146 e. The summed E-state index contributed by atoms with van der Waals surface area (Å²) >= 11 is 0. The highest BCUT2D eigenvalue weighted by Crippen LogP contribution is 2.42. The molecule has 0 unspecified atom stereocenters. The van der Waals surface area contributed by atoms with E-state index in [0.717, 1.165) is 83.6 Å². The number of aromatic nitrogens is 4. The molecule has 5 nitrogen and oxygen atoms in total. The first-order valence-electron chi connectivity index (χ1n) is 17.3. The molecule has 51 heavy (non-hydrogen) atoms. The van der Waals surface area contributed by atoms with Crippen LogP contribution in [-0.4, -0.2) is 18.9 Å². The molecule has 0 saturated heterocycles. The van der Waals surface area contributed by atoms with E-state index in [1.54, 1.807) is 0 Å². The lowest BCUT2D eigenvalue weighted by Crippen LogP contribution is -1.97. The summed E-state index contributed by atoms with van der Waals surface area (Å²) in [6, 6.07) is 52.9. The minimum absolute atomic E-state index is 0.745. The summed E-state index contributed by atoms with van der Waals surface area (Å²) in [5.41, 5.74) is 11.8. The van der Waals surface area contributed by atoms with Crippen LogP contribution in [0.1, 0.15) is 11.1 Å². The number of benzene rings is 6. The smallest absolute Gasteiger partial charge is 0.146 e. The number of hydrogen-bond acceptors (Lipinski definition) is 3. The van der Waals surface area contributed by atoms with E-state index in [1.807, 2.05) is 24.4 Å². The van der Waals surface area contributed by atoms with E-state index in [1.165, 1.54) is 16.5 Å². The van der Waals surface area contributed by atoms with Crippen molar-refractivity contribution >= 4 is 49.3 Å². The molecule has 0 atom stereocenters. The van der Waals surface area contributed by atoms with Gasteiger partial charge in [0.2, 0.25) is 0 Å². The zero-order chi connectivity index (χ0) is 34.1. The Labute approximate surface area is 294 Å². The summed E-state index contributed by atoms with van der Waals surface area (Å²) in [4.78, 5) is 10.3. The van der Waals surface area contributed by atoms with Crippen molar-refractivity contribution in [3.8, 4) is 39.7 Å². The molecule has 0 fully saturated rings. The van der Waals surface area contributed by atoms with Crippen LogP contribution in [0.2, 0.25) is 0 Å². The van der Waals surface area contributed by atoms with Gasteiger partial charge in [-0.25, -0.2) is 9.97 Å². The van der Waals surface area contributed by atoms with Crippen LogP contribution in [0.3, 0.4) is 0 Å². The number of para-hydroxylation sites is 2. The van der Waals surface area contributed by atoms with Gasteiger partial charge in [-0.3, -0.25) is 8.97 Å². The fourth-order valence-electron chi connectivity index (χ4n) is 7.73. The van der Waals surface area contributed by atoms with Gasteiger partial charge in [-0.15, -0.1) is 0 Å². The van der Waals surface area contributed by atoms with Gasteiger partial charge in [0, 0.05) is 44.9 Å². The van der Waals surface area contributed by atoms with Crippen molar-refractivity contribution in [2.45, 2.75) is 13.8 Å². The summed E-state index contributed by atoms with van der Waals surface area (Å²) in [7, 11) is 0. The minimum Gasteiger partial charge on any atom is -0.457 e. The second kappa shape index (κ2) is 11.4. The first-order valence-corrected chi connectivity index (χ1v) is 17.3. The molecule has 0 aliphatic rings. The summed E-state index contributed by atoms with van der Waals surface area (Å²) < 4.78 is 11.2. The van der Waals surface area contributed by atoms with Crippen molar-refractivity contribution in [1.82, 2.24) is 18.9 Å². The van der Waals surface area contributed by atoms with E-state index >= 15 is 0 Å². The Morgan fingerprint density at radius 2 is 1.16 bits per heavy atom. The molecule has 0 aliphatic carbocycles. The Kier molecular flexibility index (Phi) is 6.55. The second-order valence-electron chi connectivity index (χ2n) is 13.1. The Balaban J connectivity index is 1.18. The quantitative estimate of drug-likeness (QED) is 0.173. The SMILES string of the molecule is Cc1ccccc1-c1nc2c3cc(Oc4cccc(-n5c6ccccc6c6cccnc65)c4)ccc3c3ccccc3n2c1-c1ccccc1C. The number of hydrogen-bond donors (Lipinski definition) is 0. The lowest BCUT2D eigenvalue weighted by Gasteiger charge is -2.14. The maximum absolute atomic E-state index is 6.68. The normalized spacial score (nSPS) is 11.7. The molecule has 0 bridgehead atoms. The summed E-state index contributed by atoms with van der Waals surface area (Å²) in [5, 5.41) is 5.63. The number of fused-ring (bicyclic) bond motifs is 9. The zero-order valence-electron chi connectivity index (χ0n) is 28.2. The van der Waals surface area contributed by atoms with Crippen LogP contribution in [0.5, 0.6) is 11.5 Å². The van der Waals surface area contributed by atoms with E-state index in [9.17, 15) is 0 Å². The molecule has 10 aromatic rings. The van der Waals surface area contributed by atoms with Gasteiger partial charge in [0.05, 0.1) is 28.1 Å². The van der Waals surface area contributed by atoms with Crippen molar-refractivity contribution in [2.75, 3.05) is 0 Å². The second-order valence-corrected chi connectivity index (χ2v) is 13.1. The molecule has 0 spiro atoms. The summed E-state index contributed by atoms with van der Waals surface area (Å²) in [5.74, 6) is 1.49. The van der Waals surface area contributed by atoms with Gasteiger partial charge in [-0.05, 0) is 85.0 Å². The van der Waals surface area contributed by atoms with E-state index in [0.29, 0.717) is 0 Å². The first-order chi connectivity index (χ1) is 25.1. The Bertz CT molecular complexity index is 2930. The van der Waals surface area contributed by atoms with E-state index in [4.69, 9.17) is 14.7 Å². The lowest BCUT2D eigenvalue weighted by molar-refractivity contribution is 0.483. The van der Waals surface area contributed by atoms with E-state index in [-0.39, 0.29) is 0 Å². The standard InChI is InChI=1S/C46H32N4O/c1-29-13-3-5-17-34(29)43-44(35-18-6-4-14-30(35)2)50-42-23-10-7-19-37(42)36-25-24-33(28-40(36)46(50)48-43)51-32-16-11-15-31(27-32)49-41-22-9-8-20-38(41)39-21-12-26-47-45(39)49/h3-28H,1-2H3. The van der Waals surface area contributed by atoms with Crippen molar-refractivity contribution < 1.29 is 4.74 Å². The number of ether oxygens (including phenoxy) is 1. The molecular formula is C46H32N4O. The maximum atomic E-state index is 6.68. The topological polar surface area (TPSA) is 44.3 Å². The molecule has 4 heterocycles. The van der Waals surface area contributed by atoms with Gasteiger partial charge < -0.3 is 4.74 Å². The van der Waals surface area contributed by atoms with Gasteiger partial charge in [0.15, 0.2) is 0 Å². The van der Waals surface area contributed by atoms with E-state index in [2.05, 4.69) is 156 Å².